The fourth-order valence-corrected chi connectivity index (χ4v) is 2.47. The molecule has 0 saturated heterocycles. The van der Waals surface area contributed by atoms with E-state index in [1.165, 1.54) is 0 Å². The van der Waals surface area contributed by atoms with Crippen molar-refractivity contribution in [1.82, 2.24) is 30.4 Å². The van der Waals surface area contributed by atoms with E-state index in [0.29, 0.717) is 36.1 Å². The SMILES string of the molecule is Cc1nc(NCCNC(=O)CNC(=O)c2ccccc2)cc(-n2cccn2)n1. The number of carbonyl (C=O) groups excluding carboxylic acids is 2. The minimum absolute atomic E-state index is 0.0796. The number of hydrogen-bond donors (Lipinski definition) is 3. The highest BCUT2D eigenvalue weighted by atomic mass is 16.2. The molecule has 0 fully saturated rings. The zero-order valence-electron chi connectivity index (χ0n) is 15.4. The van der Waals surface area contributed by atoms with Gasteiger partial charge in [-0.15, -0.1) is 0 Å². The van der Waals surface area contributed by atoms with Gasteiger partial charge in [-0.25, -0.2) is 14.6 Å². The van der Waals surface area contributed by atoms with E-state index >= 15 is 0 Å². The normalized spacial score (nSPS) is 10.3. The molecule has 3 aromatic rings. The molecule has 0 aliphatic carbocycles. The van der Waals surface area contributed by atoms with E-state index in [-0.39, 0.29) is 18.4 Å². The Bertz CT molecular complexity index is 927. The van der Waals surface area contributed by atoms with Crippen LogP contribution >= 0.6 is 0 Å². The molecular weight excluding hydrogens is 358 g/mol. The lowest BCUT2D eigenvalue weighted by atomic mass is 10.2. The van der Waals surface area contributed by atoms with Gasteiger partial charge in [0.05, 0.1) is 6.54 Å². The molecule has 0 saturated carbocycles. The third-order valence-electron chi connectivity index (χ3n) is 3.76. The molecule has 0 radical (unpaired) electrons. The first-order valence-electron chi connectivity index (χ1n) is 8.81. The Morgan fingerprint density at radius 3 is 2.61 bits per heavy atom. The van der Waals surface area contributed by atoms with Crippen LogP contribution in [-0.4, -0.2) is 51.2 Å². The van der Waals surface area contributed by atoms with E-state index in [4.69, 9.17) is 0 Å². The molecule has 9 nitrogen and oxygen atoms in total. The molecule has 0 unspecified atom stereocenters. The number of aryl methyl sites for hydroxylation is 1. The minimum Gasteiger partial charge on any atom is -0.368 e. The average molecular weight is 379 g/mol. The Hall–Kier alpha value is -3.75. The second kappa shape index (κ2) is 9.26. The van der Waals surface area contributed by atoms with Gasteiger partial charge in [0, 0.05) is 37.1 Å². The fourth-order valence-electron chi connectivity index (χ4n) is 2.47. The first-order chi connectivity index (χ1) is 13.6. The lowest BCUT2D eigenvalue weighted by Gasteiger charge is -2.10. The van der Waals surface area contributed by atoms with Crippen LogP contribution in [0.4, 0.5) is 5.82 Å². The summed E-state index contributed by atoms with van der Waals surface area (Å²) in [6.45, 7) is 2.59. The number of nitrogens with zero attached hydrogens (tertiary/aromatic N) is 4. The van der Waals surface area contributed by atoms with Crippen molar-refractivity contribution in [2.24, 2.45) is 0 Å². The van der Waals surface area contributed by atoms with E-state index in [1.807, 2.05) is 12.1 Å². The van der Waals surface area contributed by atoms with Crippen LogP contribution in [-0.2, 0) is 4.79 Å². The van der Waals surface area contributed by atoms with Gasteiger partial charge in [0.25, 0.3) is 5.91 Å². The molecule has 3 rings (SSSR count). The summed E-state index contributed by atoms with van der Waals surface area (Å²) in [4.78, 5) is 32.4. The van der Waals surface area contributed by atoms with Crippen LogP contribution in [0.2, 0.25) is 0 Å². The lowest BCUT2D eigenvalue weighted by Crippen LogP contribution is -2.38. The molecule has 0 bridgehead atoms. The second-order valence-electron chi connectivity index (χ2n) is 5.93. The number of carbonyl (C=O) groups is 2. The van der Waals surface area contributed by atoms with Gasteiger partial charge in [0.15, 0.2) is 5.82 Å². The Kier molecular flexibility index (Phi) is 6.29. The predicted octanol–water partition coefficient (Wildman–Crippen LogP) is 0.929. The van der Waals surface area contributed by atoms with Gasteiger partial charge >= 0.3 is 0 Å². The third-order valence-corrected chi connectivity index (χ3v) is 3.76. The van der Waals surface area contributed by atoms with Crippen LogP contribution < -0.4 is 16.0 Å². The van der Waals surface area contributed by atoms with E-state index < -0.39 is 0 Å². The van der Waals surface area contributed by atoms with Crippen molar-refractivity contribution in [2.45, 2.75) is 6.92 Å². The Morgan fingerprint density at radius 1 is 1.04 bits per heavy atom. The summed E-state index contributed by atoms with van der Waals surface area (Å²) >= 11 is 0. The maximum Gasteiger partial charge on any atom is 0.251 e. The van der Waals surface area contributed by atoms with Crippen LogP contribution in [0, 0.1) is 6.92 Å². The molecule has 0 atom stereocenters. The van der Waals surface area contributed by atoms with Crippen LogP contribution in [0.15, 0.2) is 54.9 Å². The summed E-state index contributed by atoms with van der Waals surface area (Å²) in [6, 6.07) is 12.4. The largest absolute Gasteiger partial charge is 0.368 e. The van der Waals surface area contributed by atoms with Crippen LogP contribution in [0.3, 0.4) is 0 Å². The molecule has 0 aliphatic heterocycles. The molecule has 2 heterocycles. The van der Waals surface area contributed by atoms with E-state index in [0.717, 1.165) is 0 Å². The molecule has 9 heteroatoms. The van der Waals surface area contributed by atoms with Crippen molar-refractivity contribution in [3.05, 3.63) is 66.2 Å². The maximum absolute atomic E-state index is 11.9. The summed E-state index contributed by atoms with van der Waals surface area (Å²) in [5.41, 5.74) is 0.518. The number of hydrogen-bond acceptors (Lipinski definition) is 6. The van der Waals surface area contributed by atoms with Gasteiger partial charge in [0.1, 0.15) is 11.6 Å². The highest BCUT2D eigenvalue weighted by Crippen LogP contribution is 2.09. The molecule has 28 heavy (non-hydrogen) atoms. The van der Waals surface area contributed by atoms with Gasteiger partial charge < -0.3 is 16.0 Å². The van der Waals surface area contributed by atoms with E-state index in [1.54, 1.807) is 54.3 Å². The minimum atomic E-state index is -0.281. The van der Waals surface area contributed by atoms with Crippen LogP contribution in [0.1, 0.15) is 16.2 Å². The van der Waals surface area contributed by atoms with E-state index in [9.17, 15) is 9.59 Å². The van der Waals surface area contributed by atoms with Crippen molar-refractivity contribution < 1.29 is 9.59 Å². The van der Waals surface area contributed by atoms with Crippen molar-refractivity contribution in [1.29, 1.82) is 0 Å². The van der Waals surface area contributed by atoms with Gasteiger partial charge in [-0.2, -0.15) is 5.10 Å². The summed E-state index contributed by atoms with van der Waals surface area (Å²) in [5, 5.41) is 12.6. The average Bonchev–Trinajstić information content (AvgIpc) is 3.25. The van der Waals surface area contributed by atoms with Crippen LogP contribution in [0.25, 0.3) is 5.82 Å². The van der Waals surface area contributed by atoms with Crippen molar-refractivity contribution in [2.75, 3.05) is 25.0 Å². The quantitative estimate of drug-likeness (QED) is 0.502. The molecule has 1 aromatic carbocycles. The molecule has 0 aliphatic rings. The lowest BCUT2D eigenvalue weighted by molar-refractivity contribution is -0.120. The second-order valence-corrected chi connectivity index (χ2v) is 5.93. The first kappa shape index (κ1) is 19.0. The fraction of sp³-hybridized carbons (Fsp3) is 0.211. The Morgan fingerprint density at radius 2 is 1.86 bits per heavy atom. The summed E-state index contributed by atoms with van der Waals surface area (Å²) in [5.74, 6) is 1.37. The number of aromatic nitrogens is 4. The van der Waals surface area contributed by atoms with Crippen molar-refractivity contribution in [3.63, 3.8) is 0 Å². The summed E-state index contributed by atoms with van der Waals surface area (Å²) in [6.07, 6.45) is 3.48. The standard InChI is InChI=1S/C19H21N7O2/c1-14-24-16(12-17(25-14)26-11-5-8-23-26)20-9-10-21-18(27)13-22-19(28)15-6-3-2-4-7-15/h2-8,11-12H,9-10,13H2,1H3,(H,21,27)(H,22,28)(H,20,24,25). The molecule has 144 valence electrons. The summed E-state index contributed by atoms with van der Waals surface area (Å²) < 4.78 is 1.65. The molecule has 2 aromatic heterocycles. The third kappa shape index (κ3) is 5.37. The van der Waals surface area contributed by atoms with Gasteiger partial charge in [-0.05, 0) is 25.1 Å². The Balaban J connectivity index is 1.41. The van der Waals surface area contributed by atoms with Crippen molar-refractivity contribution in [3.8, 4) is 5.82 Å². The van der Waals surface area contributed by atoms with E-state index in [2.05, 4.69) is 31.0 Å². The topological polar surface area (TPSA) is 114 Å². The molecule has 3 N–H and O–H groups in total. The molecule has 0 spiro atoms. The zero-order chi connectivity index (χ0) is 19.8. The van der Waals surface area contributed by atoms with Gasteiger partial charge in [-0.1, -0.05) is 18.2 Å². The first-order valence-corrected chi connectivity index (χ1v) is 8.81. The summed E-state index contributed by atoms with van der Waals surface area (Å²) in [7, 11) is 0. The van der Waals surface area contributed by atoms with Crippen molar-refractivity contribution >= 4 is 17.6 Å². The van der Waals surface area contributed by atoms with Gasteiger partial charge in [-0.3, -0.25) is 9.59 Å². The number of rotatable bonds is 8. The Labute approximate surface area is 162 Å². The maximum atomic E-state index is 11.9. The monoisotopic (exact) mass is 379 g/mol. The predicted molar refractivity (Wildman–Crippen MR) is 104 cm³/mol. The highest BCUT2D eigenvalue weighted by molar-refractivity contribution is 5.96. The van der Waals surface area contributed by atoms with Crippen LogP contribution in [0.5, 0.6) is 0 Å². The number of anilines is 1. The number of benzene rings is 1. The van der Waals surface area contributed by atoms with Gasteiger partial charge in [0.2, 0.25) is 5.91 Å². The molecule has 2 amide bonds. The molecular formula is C19H21N7O2. The smallest absolute Gasteiger partial charge is 0.251 e. The number of nitrogens with one attached hydrogen (secondary N) is 3. The number of amides is 2. The zero-order valence-corrected chi connectivity index (χ0v) is 15.4. The highest BCUT2D eigenvalue weighted by Gasteiger charge is 2.07.